The van der Waals surface area contributed by atoms with Gasteiger partial charge in [-0.25, -0.2) is 4.98 Å². The van der Waals surface area contributed by atoms with E-state index in [1.54, 1.807) is 6.07 Å². The zero-order valence-corrected chi connectivity index (χ0v) is 11.8. The number of ether oxygens (including phenoxy) is 1. The number of morpholine rings is 1. The highest BCUT2D eigenvalue weighted by molar-refractivity contribution is 5.49. The highest BCUT2D eigenvalue weighted by Crippen LogP contribution is 2.19. The predicted octanol–water partition coefficient (Wildman–Crippen LogP) is 2.24. The molecule has 110 valence electrons. The third-order valence-corrected chi connectivity index (χ3v) is 3.56. The van der Waals surface area contributed by atoms with Gasteiger partial charge in [-0.2, -0.15) is 0 Å². The second-order valence-electron chi connectivity index (χ2n) is 4.99. The molecule has 2 N–H and O–H groups in total. The van der Waals surface area contributed by atoms with Gasteiger partial charge in [-0.05, 0) is 18.2 Å². The first-order valence-corrected chi connectivity index (χ1v) is 7.12. The molecular weight excluding hydrogens is 266 g/mol. The molecule has 21 heavy (non-hydrogen) atoms. The van der Waals surface area contributed by atoms with Crippen LogP contribution in [0.15, 0.2) is 42.6 Å². The zero-order chi connectivity index (χ0) is 14.5. The second-order valence-corrected chi connectivity index (χ2v) is 4.99. The molecule has 0 radical (unpaired) electrons. The van der Waals surface area contributed by atoms with Gasteiger partial charge in [0, 0.05) is 25.2 Å². The number of anilines is 2. The van der Waals surface area contributed by atoms with Gasteiger partial charge >= 0.3 is 0 Å². The summed E-state index contributed by atoms with van der Waals surface area (Å²) in [5, 5.41) is 13.0. The number of phenols is 1. The smallest absolute Gasteiger partial charge is 0.128 e. The van der Waals surface area contributed by atoms with E-state index in [4.69, 9.17) is 4.74 Å². The highest BCUT2D eigenvalue weighted by atomic mass is 16.5. The molecule has 1 aliphatic rings. The van der Waals surface area contributed by atoms with E-state index in [1.165, 1.54) is 0 Å². The number of nitrogens with zero attached hydrogens (tertiary/aromatic N) is 2. The number of nitrogens with one attached hydrogen (secondary N) is 1. The van der Waals surface area contributed by atoms with Crippen LogP contribution in [0.3, 0.4) is 0 Å². The average molecular weight is 285 g/mol. The topological polar surface area (TPSA) is 57.6 Å². The number of hydrogen-bond donors (Lipinski definition) is 2. The van der Waals surface area contributed by atoms with Crippen molar-refractivity contribution in [3.63, 3.8) is 0 Å². The Morgan fingerprint density at radius 3 is 2.67 bits per heavy atom. The van der Waals surface area contributed by atoms with Crippen molar-refractivity contribution in [2.24, 2.45) is 0 Å². The van der Waals surface area contributed by atoms with E-state index < -0.39 is 0 Å². The largest absolute Gasteiger partial charge is 0.508 e. The maximum Gasteiger partial charge on any atom is 0.128 e. The fourth-order valence-electron chi connectivity index (χ4n) is 2.33. The molecule has 2 aromatic rings. The molecule has 3 rings (SSSR count). The fraction of sp³-hybridized carbons (Fsp3) is 0.312. The maximum absolute atomic E-state index is 9.73. The van der Waals surface area contributed by atoms with Crippen LogP contribution < -0.4 is 10.2 Å². The van der Waals surface area contributed by atoms with Crippen LogP contribution in [0.25, 0.3) is 0 Å². The van der Waals surface area contributed by atoms with Crippen molar-refractivity contribution in [2.75, 3.05) is 36.5 Å². The lowest BCUT2D eigenvalue weighted by Gasteiger charge is -2.27. The Hall–Kier alpha value is -2.27. The molecule has 0 saturated carbocycles. The van der Waals surface area contributed by atoms with E-state index in [0.29, 0.717) is 12.3 Å². The lowest BCUT2D eigenvalue weighted by Crippen LogP contribution is -2.36. The van der Waals surface area contributed by atoms with Crippen LogP contribution in [0, 0.1) is 0 Å². The first-order chi connectivity index (χ1) is 10.3. The van der Waals surface area contributed by atoms with Gasteiger partial charge < -0.3 is 20.1 Å². The van der Waals surface area contributed by atoms with Crippen LogP contribution in [-0.2, 0) is 11.3 Å². The van der Waals surface area contributed by atoms with Crippen LogP contribution in [0.4, 0.5) is 11.5 Å². The van der Waals surface area contributed by atoms with Crippen LogP contribution in [0.1, 0.15) is 5.56 Å². The summed E-state index contributed by atoms with van der Waals surface area (Å²) in [7, 11) is 0. The monoisotopic (exact) mass is 285 g/mol. The SMILES string of the molecule is Oc1ccccc1CNc1ccc(N2CCOCC2)nc1. The van der Waals surface area contributed by atoms with E-state index >= 15 is 0 Å². The summed E-state index contributed by atoms with van der Waals surface area (Å²) in [4.78, 5) is 6.70. The molecule has 1 aliphatic heterocycles. The number of phenolic OH excluding ortho intramolecular Hbond substituents is 1. The average Bonchev–Trinajstić information content (AvgIpc) is 2.55. The normalized spacial score (nSPS) is 15.0. The van der Waals surface area contributed by atoms with E-state index in [-0.39, 0.29) is 0 Å². The molecule has 1 fully saturated rings. The Kier molecular flexibility index (Phi) is 4.21. The first-order valence-electron chi connectivity index (χ1n) is 7.12. The summed E-state index contributed by atoms with van der Waals surface area (Å²) in [6.07, 6.45) is 1.82. The van der Waals surface area contributed by atoms with Crippen molar-refractivity contribution in [2.45, 2.75) is 6.54 Å². The number of hydrogen-bond acceptors (Lipinski definition) is 5. The van der Waals surface area contributed by atoms with Crippen LogP contribution in [-0.4, -0.2) is 36.4 Å². The first kappa shape index (κ1) is 13.7. The summed E-state index contributed by atoms with van der Waals surface area (Å²) in [6.45, 7) is 3.87. The Balaban J connectivity index is 1.60. The molecule has 5 heteroatoms. The van der Waals surface area contributed by atoms with Gasteiger partial charge in [0.25, 0.3) is 0 Å². The lowest BCUT2D eigenvalue weighted by molar-refractivity contribution is 0.122. The number of pyridine rings is 1. The minimum Gasteiger partial charge on any atom is -0.508 e. The van der Waals surface area contributed by atoms with Crippen molar-refractivity contribution >= 4 is 11.5 Å². The molecule has 1 saturated heterocycles. The Morgan fingerprint density at radius 1 is 1.14 bits per heavy atom. The van der Waals surface area contributed by atoms with E-state index in [1.807, 2.05) is 36.5 Å². The van der Waals surface area contributed by atoms with Gasteiger partial charge in [-0.3, -0.25) is 0 Å². The minimum absolute atomic E-state index is 0.308. The molecule has 0 spiro atoms. The van der Waals surface area contributed by atoms with Crippen molar-refractivity contribution in [3.8, 4) is 5.75 Å². The summed E-state index contributed by atoms with van der Waals surface area (Å²) < 4.78 is 5.34. The minimum atomic E-state index is 0.308. The summed E-state index contributed by atoms with van der Waals surface area (Å²) >= 11 is 0. The summed E-state index contributed by atoms with van der Waals surface area (Å²) in [5.41, 5.74) is 1.81. The van der Waals surface area contributed by atoms with Crippen LogP contribution in [0.2, 0.25) is 0 Å². The molecule has 5 nitrogen and oxygen atoms in total. The predicted molar refractivity (Wildman–Crippen MR) is 82.7 cm³/mol. The quantitative estimate of drug-likeness (QED) is 0.902. The highest BCUT2D eigenvalue weighted by Gasteiger charge is 2.11. The zero-order valence-electron chi connectivity index (χ0n) is 11.8. The van der Waals surface area contributed by atoms with Gasteiger partial charge in [0.2, 0.25) is 0 Å². The number of rotatable bonds is 4. The molecule has 2 heterocycles. The fourth-order valence-corrected chi connectivity index (χ4v) is 2.33. The molecule has 0 unspecified atom stereocenters. The number of aromatic hydroxyl groups is 1. The van der Waals surface area contributed by atoms with E-state index in [2.05, 4.69) is 15.2 Å². The molecule has 1 aromatic heterocycles. The van der Waals surface area contributed by atoms with E-state index in [9.17, 15) is 5.11 Å². The molecule has 0 bridgehead atoms. The lowest BCUT2D eigenvalue weighted by atomic mass is 10.2. The van der Waals surface area contributed by atoms with Gasteiger partial charge in [-0.1, -0.05) is 18.2 Å². The molecule has 0 atom stereocenters. The van der Waals surface area contributed by atoms with Crippen molar-refractivity contribution in [1.29, 1.82) is 0 Å². The molecule has 1 aromatic carbocycles. The number of benzene rings is 1. The number of para-hydroxylation sites is 1. The Bertz CT molecular complexity index is 580. The van der Waals surface area contributed by atoms with Crippen molar-refractivity contribution < 1.29 is 9.84 Å². The second kappa shape index (κ2) is 6.45. The Morgan fingerprint density at radius 2 is 1.95 bits per heavy atom. The van der Waals surface area contributed by atoms with Crippen LogP contribution >= 0.6 is 0 Å². The van der Waals surface area contributed by atoms with Gasteiger partial charge in [0.15, 0.2) is 0 Å². The van der Waals surface area contributed by atoms with Crippen molar-refractivity contribution in [1.82, 2.24) is 4.98 Å². The van der Waals surface area contributed by atoms with Gasteiger partial charge in [-0.15, -0.1) is 0 Å². The third kappa shape index (κ3) is 3.44. The Labute approximate surface area is 124 Å². The van der Waals surface area contributed by atoms with Crippen LogP contribution in [0.5, 0.6) is 5.75 Å². The molecular formula is C16H19N3O2. The third-order valence-electron chi connectivity index (χ3n) is 3.56. The van der Waals surface area contributed by atoms with Gasteiger partial charge in [0.05, 0.1) is 25.1 Å². The number of aromatic nitrogens is 1. The molecule has 0 aliphatic carbocycles. The van der Waals surface area contributed by atoms with E-state index in [0.717, 1.165) is 43.4 Å². The standard InChI is InChI=1S/C16H19N3O2/c20-15-4-2-1-3-13(15)11-17-14-5-6-16(18-12-14)19-7-9-21-10-8-19/h1-6,12,17,20H,7-11H2. The van der Waals surface area contributed by atoms with Gasteiger partial charge in [0.1, 0.15) is 11.6 Å². The summed E-state index contributed by atoms with van der Waals surface area (Å²) in [6, 6.07) is 11.3. The maximum atomic E-state index is 9.73. The summed E-state index contributed by atoms with van der Waals surface area (Å²) in [5.74, 6) is 1.29. The molecule has 0 amide bonds. The van der Waals surface area contributed by atoms with Crippen molar-refractivity contribution in [3.05, 3.63) is 48.2 Å².